The number of rotatable bonds is 7. The van der Waals surface area contributed by atoms with Crippen molar-refractivity contribution in [2.45, 2.75) is 44.1 Å². The second-order valence-electron chi connectivity index (χ2n) is 11.8. The standard InChI is InChI=1S/C35H37N3O3/c1-3-25-18-26-8-10-28(40-2)20-30(26)35(34(25)39)21-31(35)27-9-11-29-32(36-37-33(29)19-27)12-7-23-5-4-6-24(17-23)22-38-13-15-41-16-14-38/h4-12,17,19-20,25,31H,3,13-16,18,21-22H2,1-2H3,(H,36,37)/b12-7+. The first-order chi connectivity index (χ1) is 20.1. The lowest BCUT2D eigenvalue weighted by atomic mass is 9.71. The van der Waals surface area contributed by atoms with Crippen molar-refractivity contribution in [1.29, 1.82) is 0 Å². The van der Waals surface area contributed by atoms with Gasteiger partial charge in [0.1, 0.15) is 11.5 Å². The van der Waals surface area contributed by atoms with E-state index in [1.165, 1.54) is 27.8 Å². The van der Waals surface area contributed by atoms with Gasteiger partial charge in [-0.25, -0.2) is 0 Å². The number of morpholine rings is 1. The summed E-state index contributed by atoms with van der Waals surface area (Å²) in [6, 6.07) is 21.5. The molecular weight excluding hydrogens is 510 g/mol. The SMILES string of the molecule is CCC1Cc2ccc(OC)cc2C2(CC2c2ccc3c(/C=C/c4cccc(CN5CCOCC5)c4)n[nH]c3c2)C1=O. The molecule has 210 valence electrons. The van der Waals surface area contributed by atoms with Crippen LogP contribution in [0.2, 0.25) is 0 Å². The number of aromatic nitrogens is 2. The molecular formula is C35H37N3O3. The lowest BCUT2D eigenvalue weighted by Crippen LogP contribution is -2.36. The monoisotopic (exact) mass is 547 g/mol. The largest absolute Gasteiger partial charge is 0.497 e. The number of ketones is 1. The summed E-state index contributed by atoms with van der Waals surface area (Å²) in [5.41, 5.74) is 7.63. The van der Waals surface area contributed by atoms with E-state index in [4.69, 9.17) is 9.47 Å². The van der Waals surface area contributed by atoms with Gasteiger partial charge >= 0.3 is 0 Å². The summed E-state index contributed by atoms with van der Waals surface area (Å²) in [7, 11) is 1.69. The molecule has 3 aromatic carbocycles. The van der Waals surface area contributed by atoms with Crippen molar-refractivity contribution >= 4 is 28.8 Å². The highest BCUT2D eigenvalue weighted by atomic mass is 16.5. The summed E-state index contributed by atoms with van der Waals surface area (Å²) in [5, 5.41) is 8.97. The van der Waals surface area contributed by atoms with E-state index in [0.29, 0.717) is 5.78 Å². The molecule has 1 aromatic heterocycles. The third kappa shape index (κ3) is 4.69. The first-order valence-corrected chi connectivity index (χ1v) is 14.9. The zero-order chi connectivity index (χ0) is 28.0. The fourth-order valence-electron chi connectivity index (χ4n) is 7.09. The Kier molecular flexibility index (Phi) is 6.76. The van der Waals surface area contributed by atoms with Crippen LogP contribution in [0, 0.1) is 5.92 Å². The van der Waals surface area contributed by atoms with Crippen LogP contribution in [-0.4, -0.2) is 54.3 Å². The summed E-state index contributed by atoms with van der Waals surface area (Å²) in [4.78, 5) is 16.3. The summed E-state index contributed by atoms with van der Waals surface area (Å²) in [6.07, 6.45) is 6.79. The Hall–Kier alpha value is -3.74. The lowest BCUT2D eigenvalue weighted by molar-refractivity contribution is -0.126. The van der Waals surface area contributed by atoms with Crippen LogP contribution in [0.4, 0.5) is 0 Å². The fraction of sp³-hybridized carbons (Fsp3) is 0.371. The van der Waals surface area contributed by atoms with Gasteiger partial charge in [-0.05, 0) is 71.4 Å². The van der Waals surface area contributed by atoms with Gasteiger partial charge in [-0.3, -0.25) is 14.8 Å². The van der Waals surface area contributed by atoms with Gasteiger partial charge in [-0.15, -0.1) is 0 Å². The van der Waals surface area contributed by atoms with Crippen LogP contribution in [0.1, 0.15) is 59.2 Å². The highest BCUT2D eigenvalue weighted by Crippen LogP contribution is 2.65. The fourth-order valence-corrected chi connectivity index (χ4v) is 7.09. The molecule has 3 aliphatic rings. The number of hydrogen-bond donors (Lipinski definition) is 1. The average molecular weight is 548 g/mol. The number of benzene rings is 3. The van der Waals surface area contributed by atoms with Crippen molar-refractivity contribution in [2.75, 3.05) is 33.4 Å². The molecule has 1 spiro atoms. The molecule has 4 aromatic rings. The number of nitrogens with zero attached hydrogens (tertiary/aromatic N) is 2. The molecule has 2 aliphatic carbocycles. The van der Waals surface area contributed by atoms with Crippen molar-refractivity contribution in [2.24, 2.45) is 5.92 Å². The molecule has 2 fully saturated rings. The van der Waals surface area contributed by atoms with Crippen LogP contribution < -0.4 is 4.74 Å². The maximum Gasteiger partial charge on any atom is 0.147 e. The quantitative estimate of drug-likeness (QED) is 0.301. The van der Waals surface area contributed by atoms with Crippen molar-refractivity contribution in [3.05, 3.63) is 94.2 Å². The second kappa shape index (κ2) is 10.6. The molecule has 3 atom stereocenters. The maximum atomic E-state index is 13.8. The van der Waals surface area contributed by atoms with Crippen molar-refractivity contribution < 1.29 is 14.3 Å². The summed E-state index contributed by atoms with van der Waals surface area (Å²) in [5.74, 6) is 1.48. The average Bonchev–Trinajstić information content (AvgIpc) is 3.63. The molecule has 6 nitrogen and oxygen atoms in total. The summed E-state index contributed by atoms with van der Waals surface area (Å²) in [6.45, 7) is 6.67. The normalized spacial score (nSPS) is 24.3. The molecule has 2 heterocycles. The van der Waals surface area contributed by atoms with Crippen molar-refractivity contribution in [1.82, 2.24) is 15.1 Å². The Labute approximate surface area is 241 Å². The number of carbonyl (C=O) groups is 1. The minimum absolute atomic E-state index is 0.0842. The highest BCUT2D eigenvalue weighted by molar-refractivity contribution is 5.99. The van der Waals surface area contributed by atoms with E-state index in [0.717, 1.165) is 74.5 Å². The van der Waals surface area contributed by atoms with Gasteiger partial charge in [0.05, 0.1) is 36.9 Å². The summed E-state index contributed by atoms with van der Waals surface area (Å²) >= 11 is 0. The van der Waals surface area contributed by atoms with Crippen molar-refractivity contribution in [3.8, 4) is 5.75 Å². The molecule has 7 rings (SSSR count). The molecule has 6 heteroatoms. The zero-order valence-corrected chi connectivity index (χ0v) is 23.9. The van der Waals surface area contributed by atoms with E-state index in [-0.39, 0.29) is 11.8 Å². The van der Waals surface area contributed by atoms with Gasteiger partial charge in [0.15, 0.2) is 0 Å². The number of methoxy groups -OCH3 is 1. The van der Waals surface area contributed by atoms with Crippen LogP contribution in [0.25, 0.3) is 23.1 Å². The van der Waals surface area contributed by atoms with E-state index in [2.05, 4.69) is 88.8 Å². The van der Waals surface area contributed by atoms with Crippen LogP contribution in [0.3, 0.4) is 0 Å². The Bertz CT molecular complexity index is 1630. The van der Waals surface area contributed by atoms with E-state index in [9.17, 15) is 4.79 Å². The van der Waals surface area contributed by atoms with Gasteiger partial charge in [-0.1, -0.05) is 55.5 Å². The van der Waals surface area contributed by atoms with E-state index in [1.54, 1.807) is 7.11 Å². The lowest BCUT2D eigenvalue weighted by Gasteiger charge is -2.31. The van der Waals surface area contributed by atoms with Crippen molar-refractivity contribution in [3.63, 3.8) is 0 Å². The second-order valence-corrected chi connectivity index (χ2v) is 11.8. The van der Waals surface area contributed by atoms with E-state index < -0.39 is 5.41 Å². The Morgan fingerprint density at radius 2 is 1.98 bits per heavy atom. The Morgan fingerprint density at radius 3 is 2.80 bits per heavy atom. The molecule has 1 N–H and O–H groups in total. The van der Waals surface area contributed by atoms with Gasteiger partial charge in [-0.2, -0.15) is 5.10 Å². The molecule has 1 saturated heterocycles. The van der Waals surface area contributed by atoms with Crippen LogP contribution in [-0.2, 0) is 27.9 Å². The molecule has 41 heavy (non-hydrogen) atoms. The molecule has 1 saturated carbocycles. The minimum Gasteiger partial charge on any atom is -0.497 e. The van der Waals surface area contributed by atoms with Crippen LogP contribution >= 0.6 is 0 Å². The van der Waals surface area contributed by atoms with E-state index in [1.807, 2.05) is 6.07 Å². The number of ether oxygens (including phenoxy) is 2. The molecule has 0 radical (unpaired) electrons. The number of nitrogens with one attached hydrogen (secondary N) is 1. The molecule has 1 aliphatic heterocycles. The number of Topliss-reactive ketones (excluding diaryl/α,β-unsaturated/α-hetero) is 1. The Balaban J connectivity index is 1.13. The maximum absolute atomic E-state index is 13.8. The number of carbonyl (C=O) groups excluding carboxylic acids is 1. The first kappa shape index (κ1) is 26.2. The smallest absolute Gasteiger partial charge is 0.147 e. The number of hydrogen-bond acceptors (Lipinski definition) is 5. The number of aromatic amines is 1. The molecule has 0 amide bonds. The highest BCUT2D eigenvalue weighted by Gasteiger charge is 2.64. The topological polar surface area (TPSA) is 67.5 Å². The van der Waals surface area contributed by atoms with Gasteiger partial charge in [0.25, 0.3) is 0 Å². The minimum atomic E-state index is -0.439. The zero-order valence-electron chi connectivity index (χ0n) is 23.9. The van der Waals surface area contributed by atoms with Gasteiger partial charge in [0, 0.05) is 36.9 Å². The summed E-state index contributed by atoms with van der Waals surface area (Å²) < 4.78 is 11.0. The molecule has 3 unspecified atom stereocenters. The third-order valence-electron chi connectivity index (χ3n) is 9.44. The first-order valence-electron chi connectivity index (χ1n) is 14.9. The predicted molar refractivity (Wildman–Crippen MR) is 162 cm³/mol. The van der Waals surface area contributed by atoms with Gasteiger partial charge < -0.3 is 9.47 Å². The van der Waals surface area contributed by atoms with Crippen LogP contribution in [0.5, 0.6) is 5.75 Å². The molecule has 0 bridgehead atoms. The Morgan fingerprint density at radius 1 is 1.10 bits per heavy atom. The van der Waals surface area contributed by atoms with Crippen LogP contribution in [0.15, 0.2) is 60.7 Å². The number of fused-ring (bicyclic) bond motifs is 3. The number of H-pyrrole nitrogens is 1. The van der Waals surface area contributed by atoms with Gasteiger partial charge in [0.2, 0.25) is 0 Å². The third-order valence-corrected chi connectivity index (χ3v) is 9.44. The predicted octanol–water partition coefficient (Wildman–Crippen LogP) is 6.15. The van der Waals surface area contributed by atoms with E-state index >= 15 is 0 Å².